The fourth-order valence-electron chi connectivity index (χ4n) is 3.31. The molecule has 0 atom stereocenters. The van der Waals surface area contributed by atoms with Gasteiger partial charge in [0.2, 0.25) is 0 Å². The fourth-order valence-corrected chi connectivity index (χ4v) is 3.76. The van der Waals surface area contributed by atoms with Crippen LogP contribution >= 0.6 is 0 Å². The molecule has 3 rings (SSSR count). The van der Waals surface area contributed by atoms with Crippen LogP contribution in [0.25, 0.3) is 0 Å². The molecule has 0 unspecified atom stereocenters. The summed E-state index contributed by atoms with van der Waals surface area (Å²) in [5.74, 6) is 0.793. The van der Waals surface area contributed by atoms with Crippen LogP contribution in [0.15, 0.2) is 48.7 Å². The van der Waals surface area contributed by atoms with Crippen LogP contribution < -0.4 is 24.8 Å². The van der Waals surface area contributed by atoms with Gasteiger partial charge in [0.1, 0.15) is 11.5 Å². The predicted molar refractivity (Wildman–Crippen MR) is 142 cm³/mol. The molecule has 0 amide bonds. The quantitative estimate of drug-likeness (QED) is 0.439. The van der Waals surface area contributed by atoms with Crippen molar-refractivity contribution >= 4 is 4.31 Å². The van der Waals surface area contributed by atoms with Gasteiger partial charge in [-0.3, -0.25) is 0 Å². The van der Waals surface area contributed by atoms with Crippen molar-refractivity contribution in [2.45, 2.75) is 80.1 Å². The molecule has 0 saturated carbocycles. The fraction of sp³-hybridized carbons (Fsp3) is 0.400. The average molecular weight is 566 g/mol. The Labute approximate surface area is 242 Å². The number of phenols is 2. The van der Waals surface area contributed by atoms with E-state index in [-0.39, 0.29) is 35.6 Å². The van der Waals surface area contributed by atoms with Gasteiger partial charge in [-0.2, -0.15) is 0 Å². The van der Waals surface area contributed by atoms with Crippen molar-refractivity contribution in [2.75, 3.05) is 0 Å². The van der Waals surface area contributed by atoms with Gasteiger partial charge >= 0.3 is 72.2 Å². The third-order valence-corrected chi connectivity index (χ3v) is 5.82. The Morgan fingerprint density at radius 3 is 1.33 bits per heavy atom. The number of hydrogen-bond acceptors (Lipinski definition) is 3. The molecule has 0 aliphatic rings. The third-order valence-electron chi connectivity index (χ3n) is 5.34. The minimum Gasteiger partial charge on any atom is -1.00 e. The first kappa shape index (κ1) is 36.5. The topological polar surface area (TPSA) is 53.4 Å². The first-order chi connectivity index (χ1) is 15.6. The number of aryl methyl sites for hydroxylation is 4. The van der Waals surface area contributed by atoms with E-state index in [9.17, 15) is 10.2 Å². The van der Waals surface area contributed by atoms with E-state index in [1.165, 1.54) is 22.3 Å². The number of phenolic OH excluding ortho intramolecular Hbond substituents is 2. The number of nitrogens with zero attached hydrogens (tertiary/aromatic N) is 1. The second-order valence-corrected chi connectivity index (χ2v) is 11.3. The summed E-state index contributed by atoms with van der Waals surface area (Å²) in [6.07, 6.45) is 1.89. The molecule has 3 aromatic rings. The van der Waals surface area contributed by atoms with Crippen LogP contribution in [0, 0.1) is 27.7 Å². The van der Waals surface area contributed by atoms with Crippen LogP contribution in [0.4, 0.5) is 0 Å². The van der Waals surface area contributed by atoms with Crippen LogP contribution in [0.3, 0.4) is 0 Å². The zero-order valence-electron chi connectivity index (χ0n) is 23.3. The minimum absolute atomic E-state index is 0. The van der Waals surface area contributed by atoms with E-state index in [0.717, 1.165) is 16.8 Å². The molecule has 3 nitrogen and oxygen atoms in total. The second kappa shape index (κ2) is 15.6. The Hall–Kier alpha value is -1.65. The summed E-state index contributed by atoms with van der Waals surface area (Å²) < 4.78 is 2.08. The first-order valence-corrected chi connectivity index (χ1v) is 12.5. The molecular formula is C30H41Cl2NO2Ti-2. The van der Waals surface area contributed by atoms with Crippen molar-refractivity contribution in [2.24, 2.45) is 0 Å². The van der Waals surface area contributed by atoms with Gasteiger partial charge in [0, 0.05) is 0 Å². The molecule has 198 valence electrons. The van der Waals surface area contributed by atoms with Crippen molar-refractivity contribution in [3.63, 3.8) is 0 Å². The van der Waals surface area contributed by atoms with Crippen molar-refractivity contribution in [3.8, 4) is 11.5 Å². The molecule has 0 spiro atoms. The maximum absolute atomic E-state index is 9.57. The Morgan fingerprint density at radius 1 is 0.667 bits per heavy atom. The standard InChI is InChI=1S/2C11H16O.C8H9N.2ClH.Ti/c2*1-8-5-6-10(12)9(7-8)11(2,3)4;1-6-4-7(2)8(3)9-5-6;;;/h2*5-7,12H,1-4H3;2,4-5H,1,3H3;2*1H;/p-2. The van der Waals surface area contributed by atoms with E-state index in [1.807, 2.05) is 71.2 Å². The van der Waals surface area contributed by atoms with Gasteiger partial charge in [-0.05, 0) is 47.9 Å². The Morgan fingerprint density at radius 2 is 1.06 bits per heavy atom. The number of aromatic hydroxyl groups is 2. The third kappa shape index (κ3) is 12.1. The van der Waals surface area contributed by atoms with Crippen molar-refractivity contribution < 1.29 is 55.0 Å². The molecule has 0 saturated heterocycles. The average Bonchev–Trinajstić information content (AvgIpc) is 2.73. The summed E-state index contributed by atoms with van der Waals surface area (Å²) in [5, 5.41) is 19.1. The predicted octanol–water partition coefficient (Wildman–Crippen LogP) is 1.40. The maximum Gasteiger partial charge on any atom is -1.00 e. The summed E-state index contributed by atoms with van der Waals surface area (Å²) in [6.45, 7) is 20.7. The normalized spacial score (nSPS) is 10.4. The van der Waals surface area contributed by atoms with E-state index in [2.05, 4.69) is 63.8 Å². The smallest absolute Gasteiger partial charge is 1.00 e. The Bertz CT molecular complexity index is 1060. The molecule has 1 aromatic heterocycles. The first-order valence-electron chi connectivity index (χ1n) is 11.6. The molecular weight excluding hydrogens is 525 g/mol. The van der Waals surface area contributed by atoms with E-state index >= 15 is 0 Å². The molecule has 0 bridgehead atoms. The largest absolute Gasteiger partial charge is 1.00 e. The van der Waals surface area contributed by atoms with Crippen LogP contribution in [0.2, 0.25) is 0 Å². The molecule has 0 aliphatic carbocycles. The van der Waals surface area contributed by atoms with Gasteiger partial charge in [0.05, 0.1) is 0 Å². The van der Waals surface area contributed by atoms with E-state index in [4.69, 9.17) is 0 Å². The van der Waals surface area contributed by atoms with Gasteiger partial charge in [0.15, 0.2) is 0 Å². The van der Waals surface area contributed by atoms with Gasteiger partial charge in [-0.15, -0.1) is 0 Å². The Balaban J connectivity index is 0. The molecule has 0 aliphatic heterocycles. The van der Waals surface area contributed by atoms with Gasteiger partial charge in [0.25, 0.3) is 0 Å². The molecule has 2 aromatic carbocycles. The van der Waals surface area contributed by atoms with E-state index in [0.29, 0.717) is 11.5 Å². The summed E-state index contributed by atoms with van der Waals surface area (Å²) in [6, 6.07) is 13.6. The van der Waals surface area contributed by atoms with Crippen LogP contribution in [-0.2, 0) is 30.8 Å². The van der Waals surface area contributed by atoms with Crippen LogP contribution in [0.1, 0.15) is 80.6 Å². The van der Waals surface area contributed by atoms with Gasteiger partial charge < -0.3 is 35.0 Å². The number of halogens is 2. The molecule has 2 N–H and O–H groups in total. The monoisotopic (exact) mass is 565 g/mol. The van der Waals surface area contributed by atoms with E-state index in [1.54, 1.807) is 12.1 Å². The summed E-state index contributed by atoms with van der Waals surface area (Å²) in [4.78, 5) is 4.22. The summed E-state index contributed by atoms with van der Waals surface area (Å²) >= 11 is 2.03. The van der Waals surface area contributed by atoms with Crippen LogP contribution in [-0.4, -0.2) is 19.5 Å². The van der Waals surface area contributed by atoms with Crippen molar-refractivity contribution in [1.29, 1.82) is 0 Å². The number of hydrogen-bond donors (Lipinski definition) is 2. The molecule has 1 heterocycles. The summed E-state index contributed by atoms with van der Waals surface area (Å²) in [7, 11) is 0. The minimum atomic E-state index is 0. The van der Waals surface area contributed by atoms with Gasteiger partial charge in [-0.1, -0.05) is 76.9 Å². The summed E-state index contributed by atoms with van der Waals surface area (Å²) in [5.41, 5.74) is 8.03. The number of benzene rings is 2. The van der Waals surface area contributed by atoms with Crippen molar-refractivity contribution in [1.82, 2.24) is 4.98 Å². The SMILES string of the molecule is Cc1ccc(O)c(C(C)(C)C)c1.Cc1ccc(O)c(C(C)(C)C)c1.Cc1cnc(C)c([CH]=[Ti])c1.[Cl-].[Cl-]. The number of pyridine rings is 1. The van der Waals surface area contributed by atoms with Crippen molar-refractivity contribution in [3.05, 3.63) is 87.7 Å². The maximum atomic E-state index is 9.57. The molecule has 0 radical (unpaired) electrons. The van der Waals surface area contributed by atoms with E-state index < -0.39 is 0 Å². The zero-order valence-corrected chi connectivity index (χ0v) is 26.4. The second-order valence-electron chi connectivity index (χ2n) is 10.9. The molecule has 36 heavy (non-hydrogen) atoms. The molecule has 0 fully saturated rings. The van der Waals surface area contributed by atoms with Crippen LogP contribution in [0.5, 0.6) is 11.5 Å². The molecule has 6 heteroatoms. The Kier molecular flexibility index (Phi) is 15.8. The zero-order chi connectivity index (χ0) is 26.3. The van der Waals surface area contributed by atoms with Gasteiger partial charge in [-0.25, -0.2) is 0 Å². The number of rotatable bonds is 1. The number of aromatic nitrogens is 1.